The van der Waals surface area contributed by atoms with E-state index in [1.165, 1.54) is 24.6 Å². The molecule has 1 aromatic heterocycles. The van der Waals surface area contributed by atoms with E-state index in [9.17, 15) is 0 Å². The number of piperidine rings is 1. The van der Waals surface area contributed by atoms with Crippen molar-refractivity contribution >= 4 is 17.5 Å². The van der Waals surface area contributed by atoms with E-state index < -0.39 is 0 Å². The molecule has 2 aromatic rings. The molecule has 0 unspecified atom stereocenters. The molecule has 1 aromatic carbocycles. The minimum atomic E-state index is 0.545. The lowest BCUT2D eigenvalue weighted by atomic mass is 9.99. The quantitative estimate of drug-likeness (QED) is 0.865. The predicted molar refractivity (Wildman–Crippen MR) is 81.3 cm³/mol. The molecule has 0 aliphatic carbocycles. The third-order valence-corrected chi connectivity index (χ3v) is 4.25. The van der Waals surface area contributed by atoms with E-state index in [4.69, 9.17) is 4.74 Å². The molecule has 0 bridgehead atoms. The Bertz CT molecular complexity index is 535. The minimum Gasteiger partial charge on any atom is -0.470 e. The summed E-state index contributed by atoms with van der Waals surface area (Å²) in [6, 6.07) is 10.2. The summed E-state index contributed by atoms with van der Waals surface area (Å²) in [6.07, 6.45) is 2.44. The first-order chi connectivity index (χ1) is 9.83. The number of nitrogens with zero attached hydrogens (tertiary/aromatic N) is 3. The summed E-state index contributed by atoms with van der Waals surface area (Å²) in [5, 5.41) is 0. The molecule has 1 saturated heterocycles. The van der Waals surface area contributed by atoms with Gasteiger partial charge in [0.1, 0.15) is 6.61 Å². The lowest BCUT2D eigenvalue weighted by Crippen LogP contribution is -2.33. The number of ether oxygens (including phenoxy) is 1. The van der Waals surface area contributed by atoms with Gasteiger partial charge in [-0.15, -0.1) is 4.37 Å². The van der Waals surface area contributed by atoms with Gasteiger partial charge in [0.05, 0.1) is 11.7 Å². The highest BCUT2D eigenvalue weighted by Gasteiger charge is 2.22. The monoisotopic (exact) mass is 289 g/mol. The normalized spacial score (nSPS) is 16.4. The Labute approximate surface area is 123 Å². The largest absolute Gasteiger partial charge is 0.470 e. The van der Waals surface area contributed by atoms with Crippen molar-refractivity contribution in [3.63, 3.8) is 0 Å². The molecule has 0 spiro atoms. The Hall–Kier alpha value is -1.62. The van der Waals surface area contributed by atoms with Gasteiger partial charge in [-0.05, 0) is 24.3 Å². The molecule has 106 valence electrons. The Morgan fingerprint density at radius 3 is 2.70 bits per heavy atom. The first kappa shape index (κ1) is 13.4. The van der Waals surface area contributed by atoms with Crippen LogP contribution in [-0.2, 0) is 6.61 Å². The van der Waals surface area contributed by atoms with E-state index in [-0.39, 0.29) is 0 Å². The lowest BCUT2D eigenvalue weighted by molar-refractivity contribution is 0.295. The fourth-order valence-electron chi connectivity index (χ4n) is 2.41. The lowest BCUT2D eigenvalue weighted by Gasteiger charge is -2.30. The molecule has 3 rings (SSSR count). The number of aromatic nitrogens is 2. The van der Waals surface area contributed by atoms with Gasteiger partial charge in [0, 0.05) is 13.1 Å². The zero-order valence-corrected chi connectivity index (χ0v) is 12.5. The van der Waals surface area contributed by atoms with Gasteiger partial charge in [-0.1, -0.05) is 37.3 Å². The molecule has 1 aliphatic rings. The van der Waals surface area contributed by atoms with Crippen LogP contribution < -0.4 is 9.64 Å². The van der Waals surface area contributed by atoms with E-state index in [0.29, 0.717) is 12.5 Å². The van der Waals surface area contributed by atoms with Crippen LogP contribution in [0.25, 0.3) is 0 Å². The van der Waals surface area contributed by atoms with Crippen LogP contribution in [0.1, 0.15) is 25.3 Å². The van der Waals surface area contributed by atoms with Crippen LogP contribution in [-0.4, -0.2) is 21.8 Å². The van der Waals surface area contributed by atoms with E-state index >= 15 is 0 Å². The molecule has 1 fully saturated rings. The number of rotatable bonds is 4. The van der Waals surface area contributed by atoms with Gasteiger partial charge in [-0.3, -0.25) is 0 Å². The SMILES string of the molecule is CC1CCN(c2nsnc2OCc2ccccc2)CC1. The minimum absolute atomic E-state index is 0.545. The van der Waals surface area contributed by atoms with Gasteiger partial charge >= 0.3 is 0 Å². The van der Waals surface area contributed by atoms with E-state index in [1.54, 1.807) is 0 Å². The second kappa shape index (κ2) is 6.22. The third-order valence-electron chi connectivity index (χ3n) is 3.74. The summed E-state index contributed by atoms with van der Waals surface area (Å²) < 4.78 is 14.5. The number of anilines is 1. The van der Waals surface area contributed by atoms with Crippen LogP contribution in [0.15, 0.2) is 30.3 Å². The molecule has 0 saturated carbocycles. The Kier molecular flexibility index (Phi) is 4.16. The highest BCUT2D eigenvalue weighted by atomic mass is 32.1. The fourth-order valence-corrected chi connectivity index (χ4v) is 2.93. The van der Waals surface area contributed by atoms with Crippen molar-refractivity contribution in [3.8, 4) is 5.88 Å². The second-order valence-electron chi connectivity index (χ2n) is 5.34. The summed E-state index contributed by atoms with van der Waals surface area (Å²) in [4.78, 5) is 2.30. The van der Waals surface area contributed by atoms with Crippen LogP contribution in [0.2, 0.25) is 0 Å². The first-order valence-corrected chi connectivity index (χ1v) is 7.80. The molecule has 0 radical (unpaired) electrons. The van der Waals surface area contributed by atoms with Gasteiger partial charge in [-0.2, -0.15) is 4.37 Å². The maximum absolute atomic E-state index is 5.84. The van der Waals surface area contributed by atoms with E-state index in [2.05, 4.69) is 32.7 Å². The van der Waals surface area contributed by atoms with Crippen LogP contribution in [0.3, 0.4) is 0 Å². The van der Waals surface area contributed by atoms with Crippen molar-refractivity contribution in [1.29, 1.82) is 0 Å². The van der Waals surface area contributed by atoms with Crippen LogP contribution in [0, 0.1) is 5.92 Å². The van der Waals surface area contributed by atoms with Gasteiger partial charge in [-0.25, -0.2) is 0 Å². The average molecular weight is 289 g/mol. The number of benzene rings is 1. The molecular formula is C15H19N3OS. The van der Waals surface area contributed by atoms with E-state index in [0.717, 1.165) is 30.4 Å². The summed E-state index contributed by atoms with van der Waals surface area (Å²) in [7, 11) is 0. The molecule has 2 heterocycles. The number of hydrogen-bond acceptors (Lipinski definition) is 5. The first-order valence-electron chi connectivity index (χ1n) is 7.07. The highest BCUT2D eigenvalue weighted by molar-refractivity contribution is 6.99. The molecule has 1 aliphatic heterocycles. The summed E-state index contributed by atoms with van der Waals surface area (Å²) in [5.41, 5.74) is 1.15. The predicted octanol–water partition coefficient (Wildman–Crippen LogP) is 3.35. The molecule has 0 amide bonds. The van der Waals surface area contributed by atoms with Crippen LogP contribution in [0.5, 0.6) is 5.88 Å². The molecule has 5 heteroatoms. The Morgan fingerprint density at radius 2 is 1.95 bits per heavy atom. The summed E-state index contributed by atoms with van der Waals surface area (Å²) >= 11 is 1.23. The fraction of sp³-hybridized carbons (Fsp3) is 0.467. The van der Waals surface area contributed by atoms with Crippen LogP contribution >= 0.6 is 11.7 Å². The Morgan fingerprint density at radius 1 is 1.20 bits per heavy atom. The maximum Gasteiger partial charge on any atom is 0.271 e. The molecule has 4 nitrogen and oxygen atoms in total. The van der Waals surface area contributed by atoms with E-state index in [1.807, 2.05) is 18.2 Å². The number of hydrogen-bond donors (Lipinski definition) is 0. The molecular weight excluding hydrogens is 270 g/mol. The summed E-state index contributed by atoms with van der Waals surface area (Å²) in [6.45, 7) is 4.95. The zero-order chi connectivity index (χ0) is 13.8. The molecule has 20 heavy (non-hydrogen) atoms. The highest BCUT2D eigenvalue weighted by Crippen LogP contribution is 2.29. The average Bonchev–Trinajstić information content (AvgIpc) is 2.95. The van der Waals surface area contributed by atoms with Gasteiger partial charge in [0.2, 0.25) is 5.82 Å². The zero-order valence-electron chi connectivity index (χ0n) is 11.7. The van der Waals surface area contributed by atoms with Crippen molar-refractivity contribution in [2.24, 2.45) is 5.92 Å². The maximum atomic E-state index is 5.84. The molecule has 0 atom stereocenters. The molecule has 0 N–H and O–H groups in total. The smallest absolute Gasteiger partial charge is 0.271 e. The Balaban J connectivity index is 1.64. The van der Waals surface area contributed by atoms with Crippen molar-refractivity contribution in [3.05, 3.63) is 35.9 Å². The van der Waals surface area contributed by atoms with Gasteiger partial charge < -0.3 is 9.64 Å². The summed E-state index contributed by atoms with van der Waals surface area (Å²) in [5.74, 6) is 2.40. The van der Waals surface area contributed by atoms with Crippen LogP contribution in [0.4, 0.5) is 5.82 Å². The van der Waals surface area contributed by atoms with Crippen molar-refractivity contribution in [2.75, 3.05) is 18.0 Å². The third kappa shape index (κ3) is 3.10. The standard InChI is InChI=1S/C15H19N3OS/c1-12-7-9-18(10-8-12)14-15(17-20-16-14)19-11-13-5-3-2-4-6-13/h2-6,12H,7-11H2,1H3. The van der Waals surface area contributed by atoms with Crippen molar-refractivity contribution < 1.29 is 4.74 Å². The topological polar surface area (TPSA) is 38.2 Å². The van der Waals surface area contributed by atoms with Crippen molar-refractivity contribution in [2.45, 2.75) is 26.4 Å². The van der Waals surface area contributed by atoms with Gasteiger partial charge in [0.25, 0.3) is 5.88 Å². The van der Waals surface area contributed by atoms with Gasteiger partial charge in [0.15, 0.2) is 0 Å². The van der Waals surface area contributed by atoms with Crippen molar-refractivity contribution in [1.82, 2.24) is 8.75 Å². The second-order valence-corrected chi connectivity index (χ2v) is 5.87.